The molecule has 0 aliphatic heterocycles. The van der Waals surface area contributed by atoms with Crippen LogP contribution in [0.1, 0.15) is 16.7 Å². The Kier molecular flexibility index (Phi) is 6.69. The second-order valence-electron chi connectivity index (χ2n) is 12.1. The van der Waals surface area contributed by atoms with Crippen molar-refractivity contribution in [1.29, 1.82) is 0 Å². The Morgan fingerprint density at radius 2 is 0.816 bits per heavy atom. The maximum atomic E-state index is 16.1. The van der Waals surface area contributed by atoms with Crippen LogP contribution in [0.2, 0.25) is 0 Å². The Morgan fingerprint density at radius 3 is 1.24 bits per heavy atom. The molecule has 0 N–H and O–H groups in total. The molecule has 8 rings (SSSR count). The third-order valence-electron chi connectivity index (χ3n) is 9.02. The SMILES string of the molecule is Cc1ccc2c(c1)c1ccccc1n2-c1cc(C(F)(F)F)cc(-n2c3ccccc3c3cc(C)ccc32)c1-c1c(F)c(F)c(F)c(F)c1F. The second kappa shape index (κ2) is 10.7. The zero-order chi connectivity index (χ0) is 34.5. The maximum Gasteiger partial charge on any atom is 0.416 e. The van der Waals surface area contributed by atoms with Crippen molar-refractivity contribution in [3.63, 3.8) is 0 Å². The number of halogens is 8. The van der Waals surface area contributed by atoms with Crippen molar-refractivity contribution in [2.75, 3.05) is 0 Å². The van der Waals surface area contributed by atoms with Gasteiger partial charge in [0.1, 0.15) is 0 Å². The number of benzene rings is 6. The van der Waals surface area contributed by atoms with E-state index in [-0.39, 0.29) is 0 Å². The van der Waals surface area contributed by atoms with E-state index in [1.54, 1.807) is 72.8 Å². The molecule has 0 spiro atoms. The van der Waals surface area contributed by atoms with Gasteiger partial charge in [0.2, 0.25) is 5.82 Å². The van der Waals surface area contributed by atoms with Gasteiger partial charge in [-0.25, -0.2) is 22.0 Å². The van der Waals surface area contributed by atoms with E-state index >= 15 is 17.6 Å². The van der Waals surface area contributed by atoms with Gasteiger partial charge in [0.25, 0.3) is 0 Å². The van der Waals surface area contributed by atoms with E-state index in [4.69, 9.17) is 0 Å². The van der Waals surface area contributed by atoms with Gasteiger partial charge in [0, 0.05) is 27.1 Å². The largest absolute Gasteiger partial charge is 0.416 e. The van der Waals surface area contributed by atoms with Gasteiger partial charge < -0.3 is 9.13 Å². The second-order valence-corrected chi connectivity index (χ2v) is 12.1. The number of aromatic nitrogens is 2. The number of rotatable bonds is 3. The first-order chi connectivity index (χ1) is 23.4. The van der Waals surface area contributed by atoms with Gasteiger partial charge in [-0.1, -0.05) is 59.7 Å². The van der Waals surface area contributed by atoms with E-state index in [0.29, 0.717) is 55.7 Å². The third-order valence-corrected chi connectivity index (χ3v) is 9.02. The Labute approximate surface area is 273 Å². The zero-order valence-corrected chi connectivity index (χ0v) is 25.7. The normalized spacial score (nSPS) is 12.3. The lowest BCUT2D eigenvalue weighted by Gasteiger charge is -2.23. The molecule has 0 bridgehead atoms. The maximum absolute atomic E-state index is 16.1. The Bertz CT molecular complexity index is 2510. The molecular weight excluding hydrogens is 648 g/mol. The lowest BCUT2D eigenvalue weighted by molar-refractivity contribution is -0.137. The predicted molar refractivity (Wildman–Crippen MR) is 175 cm³/mol. The average molecular weight is 671 g/mol. The van der Waals surface area contributed by atoms with Crippen LogP contribution in [0.3, 0.4) is 0 Å². The van der Waals surface area contributed by atoms with Crippen molar-refractivity contribution in [3.8, 4) is 22.5 Å². The van der Waals surface area contributed by atoms with Crippen LogP contribution in [0, 0.1) is 42.9 Å². The fourth-order valence-corrected chi connectivity index (χ4v) is 6.90. The average Bonchev–Trinajstić information content (AvgIpc) is 3.58. The summed E-state index contributed by atoms with van der Waals surface area (Å²) >= 11 is 0. The fourth-order valence-electron chi connectivity index (χ4n) is 6.90. The molecule has 10 heteroatoms. The first-order valence-electron chi connectivity index (χ1n) is 15.1. The summed E-state index contributed by atoms with van der Waals surface area (Å²) in [6.07, 6.45) is -4.98. The standard InChI is InChI=1S/C39H22F8N2/c1-19-11-13-28-24(15-19)22-7-3-5-9-26(22)48(28)30-17-21(39(45,46)47)18-31(32(30)33-34(40)36(42)38(44)37(43)35(33)41)49-27-10-6-4-8-23(27)25-16-20(2)12-14-29(25)49/h3-18H,1-2H3. The van der Waals surface area contributed by atoms with Gasteiger partial charge >= 0.3 is 6.18 Å². The molecule has 8 aromatic rings. The summed E-state index contributed by atoms with van der Waals surface area (Å²) in [7, 11) is 0. The van der Waals surface area contributed by atoms with Gasteiger partial charge in [0.05, 0.1) is 44.6 Å². The molecule has 0 atom stereocenters. The number of alkyl halides is 3. The van der Waals surface area contributed by atoms with Crippen LogP contribution in [0.15, 0.2) is 97.1 Å². The minimum atomic E-state index is -4.98. The summed E-state index contributed by atoms with van der Waals surface area (Å²) in [6.45, 7) is 3.66. The number of fused-ring (bicyclic) bond motifs is 6. The highest BCUT2D eigenvalue weighted by Gasteiger charge is 2.37. The van der Waals surface area contributed by atoms with Crippen LogP contribution >= 0.6 is 0 Å². The number of hydrogen-bond donors (Lipinski definition) is 0. The smallest absolute Gasteiger partial charge is 0.309 e. The first-order valence-corrected chi connectivity index (χ1v) is 15.1. The van der Waals surface area contributed by atoms with Crippen LogP contribution in [0.5, 0.6) is 0 Å². The molecule has 49 heavy (non-hydrogen) atoms. The molecule has 0 aliphatic carbocycles. The van der Waals surface area contributed by atoms with E-state index in [9.17, 15) is 17.6 Å². The molecule has 0 amide bonds. The van der Waals surface area contributed by atoms with Crippen molar-refractivity contribution < 1.29 is 35.1 Å². The molecule has 0 saturated heterocycles. The Hall–Kier alpha value is -5.64. The van der Waals surface area contributed by atoms with Crippen molar-refractivity contribution >= 4 is 43.6 Å². The quantitative estimate of drug-likeness (QED) is 0.101. The zero-order valence-electron chi connectivity index (χ0n) is 25.7. The van der Waals surface area contributed by atoms with Gasteiger partial charge in [-0.15, -0.1) is 0 Å². The molecule has 0 radical (unpaired) electrons. The van der Waals surface area contributed by atoms with Gasteiger partial charge in [0.15, 0.2) is 23.3 Å². The molecule has 0 unspecified atom stereocenters. The highest BCUT2D eigenvalue weighted by Crippen LogP contribution is 2.47. The number of para-hydroxylation sites is 2. The van der Waals surface area contributed by atoms with Crippen LogP contribution in [-0.2, 0) is 6.18 Å². The number of nitrogens with zero attached hydrogens (tertiary/aromatic N) is 2. The molecule has 2 nitrogen and oxygen atoms in total. The van der Waals surface area contributed by atoms with E-state index < -0.39 is 63.3 Å². The highest BCUT2D eigenvalue weighted by molar-refractivity contribution is 6.12. The van der Waals surface area contributed by atoms with E-state index in [1.807, 2.05) is 26.0 Å². The predicted octanol–water partition coefficient (Wildman–Crippen LogP) is 11.9. The van der Waals surface area contributed by atoms with Gasteiger partial charge in [-0.3, -0.25) is 0 Å². The minimum absolute atomic E-state index is 0.358. The molecule has 2 aromatic heterocycles. The van der Waals surface area contributed by atoms with E-state index in [0.717, 1.165) is 11.1 Å². The van der Waals surface area contributed by atoms with Crippen LogP contribution < -0.4 is 0 Å². The van der Waals surface area contributed by atoms with E-state index in [2.05, 4.69) is 0 Å². The summed E-state index contributed by atoms with van der Waals surface area (Å²) in [4.78, 5) is 0. The first kappa shape index (κ1) is 30.7. The van der Waals surface area contributed by atoms with E-state index in [1.165, 1.54) is 9.13 Å². The van der Waals surface area contributed by atoms with Crippen molar-refractivity contribution in [3.05, 3.63) is 143 Å². The number of aryl methyl sites for hydroxylation is 2. The summed E-state index contributed by atoms with van der Waals surface area (Å²) in [5, 5.41) is 2.45. The van der Waals surface area contributed by atoms with Gasteiger partial charge in [-0.05, 0) is 62.4 Å². The van der Waals surface area contributed by atoms with Crippen molar-refractivity contribution in [2.24, 2.45) is 0 Å². The molecule has 0 aliphatic rings. The lowest BCUT2D eigenvalue weighted by Crippen LogP contribution is -2.13. The number of hydrogen-bond acceptors (Lipinski definition) is 0. The molecule has 0 fully saturated rings. The monoisotopic (exact) mass is 670 g/mol. The van der Waals surface area contributed by atoms with Crippen LogP contribution in [0.4, 0.5) is 35.1 Å². The third kappa shape index (κ3) is 4.46. The highest BCUT2D eigenvalue weighted by atomic mass is 19.4. The topological polar surface area (TPSA) is 9.86 Å². The minimum Gasteiger partial charge on any atom is -0.309 e. The Morgan fingerprint density at radius 1 is 0.429 bits per heavy atom. The molecule has 0 saturated carbocycles. The van der Waals surface area contributed by atoms with Crippen LogP contribution in [-0.4, -0.2) is 9.13 Å². The molecule has 2 heterocycles. The fraction of sp³-hybridized carbons (Fsp3) is 0.0769. The van der Waals surface area contributed by atoms with Crippen LogP contribution in [0.25, 0.3) is 66.1 Å². The summed E-state index contributed by atoms with van der Waals surface area (Å²) < 4.78 is 124. The summed E-state index contributed by atoms with van der Waals surface area (Å²) in [5.74, 6) is -11.2. The van der Waals surface area contributed by atoms with Gasteiger partial charge in [-0.2, -0.15) is 13.2 Å². The molecular formula is C39H22F8N2. The van der Waals surface area contributed by atoms with Crippen molar-refractivity contribution in [2.45, 2.75) is 20.0 Å². The van der Waals surface area contributed by atoms with Crippen molar-refractivity contribution in [1.82, 2.24) is 9.13 Å². The summed E-state index contributed by atoms with van der Waals surface area (Å²) in [5.41, 5.74) is -0.920. The molecule has 6 aromatic carbocycles. The summed E-state index contributed by atoms with van der Waals surface area (Å²) in [6, 6.07) is 25.3. The Balaban J connectivity index is 1.68. The molecule has 244 valence electrons. The lowest BCUT2D eigenvalue weighted by atomic mass is 9.96.